The summed E-state index contributed by atoms with van der Waals surface area (Å²) in [5.74, 6) is 2.06. The molecule has 0 spiro atoms. The van der Waals surface area contributed by atoms with Gasteiger partial charge in [-0.1, -0.05) is 32.8 Å². The highest BCUT2D eigenvalue weighted by molar-refractivity contribution is 5.35. The SMILES string of the molecule is CC12CCC(C3(C)CCCCC3CO)CC1Cc1cccnc12. The van der Waals surface area contributed by atoms with E-state index in [9.17, 15) is 5.11 Å². The summed E-state index contributed by atoms with van der Waals surface area (Å²) in [5, 5.41) is 9.93. The highest BCUT2D eigenvalue weighted by atomic mass is 16.3. The first-order valence-electron chi connectivity index (χ1n) is 9.63. The van der Waals surface area contributed by atoms with Crippen LogP contribution in [-0.2, 0) is 11.8 Å². The average Bonchev–Trinajstić information content (AvgIpc) is 2.87. The van der Waals surface area contributed by atoms with Gasteiger partial charge in [-0.25, -0.2) is 0 Å². The van der Waals surface area contributed by atoms with Crippen LogP contribution in [0.5, 0.6) is 0 Å². The van der Waals surface area contributed by atoms with Crippen LogP contribution in [0.15, 0.2) is 18.3 Å². The van der Waals surface area contributed by atoms with E-state index in [0.29, 0.717) is 23.4 Å². The van der Waals surface area contributed by atoms with E-state index in [1.54, 1.807) is 0 Å². The van der Waals surface area contributed by atoms with Crippen LogP contribution in [0.1, 0.15) is 70.1 Å². The summed E-state index contributed by atoms with van der Waals surface area (Å²) in [6.45, 7) is 5.33. The van der Waals surface area contributed by atoms with E-state index in [4.69, 9.17) is 4.98 Å². The molecule has 0 aromatic carbocycles. The molecule has 2 saturated carbocycles. The first kappa shape index (κ1) is 15.6. The molecule has 2 heteroatoms. The van der Waals surface area contributed by atoms with Crippen LogP contribution in [0, 0.1) is 23.2 Å². The van der Waals surface area contributed by atoms with E-state index in [-0.39, 0.29) is 0 Å². The van der Waals surface area contributed by atoms with Crippen molar-refractivity contribution in [1.29, 1.82) is 0 Å². The summed E-state index contributed by atoms with van der Waals surface area (Å²) in [5.41, 5.74) is 3.53. The standard InChI is InChI=1S/C21H31NO/c1-20(9-4-3-7-17(20)14-23)16-8-10-21(2)18(13-16)12-15-6-5-11-22-19(15)21/h5-6,11,16-18,23H,3-4,7-10,12-14H2,1-2H3. The highest BCUT2D eigenvalue weighted by Crippen LogP contribution is 2.58. The van der Waals surface area contributed by atoms with Crippen molar-refractivity contribution in [3.05, 3.63) is 29.6 Å². The second-order valence-corrected chi connectivity index (χ2v) is 8.93. The first-order chi connectivity index (χ1) is 11.1. The molecule has 0 amide bonds. The van der Waals surface area contributed by atoms with E-state index < -0.39 is 0 Å². The molecule has 5 unspecified atom stereocenters. The third-order valence-corrected chi connectivity index (χ3v) is 7.98. The van der Waals surface area contributed by atoms with Gasteiger partial charge >= 0.3 is 0 Å². The van der Waals surface area contributed by atoms with Crippen molar-refractivity contribution in [3.8, 4) is 0 Å². The molecule has 0 radical (unpaired) electrons. The molecule has 2 nitrogen and oxygen atoms in total. The normalized spacial score (nSPS) is 43.0. The number of hydrogen-bond donors (Lipinski definition) is 1. The van der Waals surface area contributed by atoms with Crippen molar-refractivity contribution < 1.29 is 5.11 Å². The number of aromatic nitrogens is 1. The Balaban J connectivity index is 1.59. The molecule has 1 aromatic heterocycles. The van der Waals surface area contributed by atoms with E-state index in [1.165, 1.54) is 62.6 Å². The van der Waals surface area contributed by atoms with Gasteiger partial charge in [0.25, 0.3) is 0 Å². The van der Waals surface area contributed by atoms with Gasteiger partial charge in [0, 0.05) is 23.9 Å². The summed E-state index contributed by atoms with van der Waals surface area (Å²) in [6, 6.07) is 4.39. The lowest BCUT2D eigenvalue weighted by atomic mass is 9.53. The lowest BCUT2D eigenvalue weighted by molar-refractivity contribution is -0.0281. The third kappa shape index (κ3) is 2.28. The molecule has 1 aromatic rings. The van der Waals surface area contributed by atoms with Crippen LogP contribution in [0.2, 0.25) is 0 Å². The number of nitrogens with zero attached hydrogens (tertiary/aromatic N) is 1. The number of pyridine rings is 1. The molecule has 126 valence electrons. The van der Waals surface area contributed by atoms with Crippen LogP contribution in [0.3, 0.4) is 0 Å². The van der Waals surface area contributed by atoms with Gasteiger partial charge in [-0.15, -0.1) is 0 Å². The van der Waals surface area contributed by atoms with Gasteiger partial charge in [0.15, 0.2) is 0 Å². The summed E-state index contributed by atoms with van der Waals surface area (Å²) < 4.78 is 0. The minimum atomic E-state index is 0.298. The Kier molecular flexibility index (Phi) is 3.79. The molecule has 5 atom stereocenters. The number of aliphatic hydroxyl groups is 1. The lowest BCUT2D eigenvalue weighted by Crippen LogP contribution is -2.45. The predicted molar refractivity (Wildman–Crippen MR) is 93.3 cm³/mol. The van der Waals surface area contributed by atoms with E-state index in [2.05, 4.69) is 26.0 Å². The van der Waals surface area contributed by atoms with Crippen LogP contribution in [0.4, 0.5) is 0 Å². The fraction of sp³-hybridized carbons (Fsp3) is 0.762. The van der Waals surface area contributed by atoms with Crippen LogP contribution >= 0.6 is 0 Å². The van der Waals surface area contributed by atoms with Crippen LogP contribution < -0.4 is 0 Å². The number of fused-ring (bicyclic) bond motifs is 3. The van der Waals surface area contributed by atoms with Crippen molar-refractivity contribution in [2.24, 2.45) is 23.2 Å². The fourth-order valence-corrected chi connectivity index (χ4v) is 6.27. The maximum Gasteiger partial charge on any atom is 0.0497 e. The van der Waals surface area contributed by atoms with Gasteiger partial charge < -0.3 is 5.11 Å². The minimum Gasteiger partial charge on any atom is -0.396 e. The Morgan fingerprint density at radius 2 is 2.04 bits per heavy atom. The Hall–Kier alpha value is -0.890. The second-order valence-electron chi connectivity index (χ2n) is 8.93. The van der Waals surface area contributed by atoms with Gasteiger partial charge in [-0.05, 0) is 73.3 Å². The Bertz CT molecular complexity index is 585. The summed E-state index contributed by atoms with van der Waals surface area (Å²) >= 11 is 0. The molecular weight excluding hydrogens is 282 g/mol. The zero-order valence-corrected chi connectivity index (χ0v) is 14.7. The Morgan fingerprint density at radius 3 is 2.87 bits per heavy atom. The smallest absolute Gasteiger partial charge is 0.0497 e. The molecule has 1 heterocycles. The van der Waals surface area contributed by atoms with Crippen molar-refractivity contribution in [1.82, 2.24) is 4.98 Å². The predicted octanol–water partition coefficient (Wildman–Crippen LogP) is 4.50. The van der Waals surface area contributed by atoms with E-state index in [0.717, 1.165) is 11.8 Å². The fourth-order valence-electron chi connectivity index (χ4n) is 6.27. The van der Waals surface area contributed by atoms with Gasteiger partial charge in [0.2, 0.25) is 0 Å². The van der Waals surface area contributed by atoms with Crippen molar-refractivity contribution in [2.75, 3.05) is 6.61 Å². The molecule has 23 heavy (non-hydrogen) atoms. The maximum atomic E-state index is 9.93. The maximum absolute atomic E-state index is 9.93. The van der Waals surface area contributed by atoms with Crippen molar-refractivity contribution >= 4 is 0 Å². The molecule has 1 N–H and O–H groups in total. The molecule has 0 saturated heterocycles. The van der Waals surface area contributed by atoms with Crippen LogP contribution in [-0.4, -0.2) is 16.7 Å². The molecule has 0 aliphatic heterocycles. The second kappa shape index (κ2) is 5.58. The topological polar surface area (TPSA) is 33.1 Å². The number of aliphatic hydroxyl groups excluding tert-OH is 1. The molecule has 0 bridgehead atoms. The number of rotatable bonds is 2. The quantitative estimate of drug-likeness (QED) is 0.872. The van der Waals surface area contributed by atoms with E-state index >= 15 is 0 Å². The average molecular weight is 313 g/mol. The summed E-state index contributed by atoms with van der Waals surface area (Å²) in [6.07, 6.45) is 12.3. The largest absolute Gasteiger partial charge is 0.396 e. The Labute approximate surface area is 140 Å². The number of hydrogen-bond acceptors (Lipinski definition) is 2. The van der Waals surface area contributed by atoms with Crippen LogP contribution in [0.25, 0.3) is 0 Å². The van der Waals surface area contributed by atoms with Gasteiger partial charge in [-0.2, -0.15) is 0 Å². The highest BCUT2D eigenvalue weighted by Gasteiger charge is 2.52. The minimum absolute atomic E-state index is 0.298. The third-order valence-electron chi connectivity index (χ3n) is 7.98. The molecular formula is C21H31NO. The summed E-state index contributed by atoms with van der Waals surface area (Å²) in [4.78, 5) is 4.76. The zero-order chi connectivity index (χ0) is 16.1. The molecule has 3 aliphatic rings. The van der Waals surface area contributed by atoms with Gasteiger partial charge in [0.05, 0.1) is 0 Å². The monoisotopic (exact) mass is 313 g/mol. The van der Waals surface area contributed by atoms with E-state index in [1.807, 2.05) is 6.20 Å². The first-order valence-corrected chi connectivity index (χ1v) is 9.63. The van der Waals surface area contributed by atoms with Gasteiger partial charge in [-0.3, -0.25) is 4.98 Å². The Morgan fingerprint density at radius 1 is 1.17 bits per heavy atom. The molecule has 4 rings (SSSR count). The lowest BCUT2D eigenvalue weighted by Gasteiger charge is -2.52. The molecule has 2 fully saturated rings. The van der Waals surface area contributed by atoms with Crippen molar-refractivity contribution in [2.45, 2.75) is 70.6 Å². The summed E-state index contributed by atoms with van der Waals surface area (Å²) in [7, 11) is 0. The van der Waals surface area contributed by atoms with Crippen molar-refractivity contribution in [3.63, 3.8) is 0 Å². The zero-order valence-electron chi connectivity index (χ0n) is 14.7. The van der Waals surface area contributed by atoms with Gasteiger partial charge in [0.1, 0.15) is 0 Å². The molecule has 3 aliphatic carbocycles.